The van der Waals surface area contributed by atoms with E-state index in [-0.39, 0.29) is 17.6 Å². The van der Waals surface area contributed by atoms with Crippen molar-refractivity contribution in [3.63, 3.8) is 0 Å². The first-order valence-electron chi connectivity index (χ1n) is 11.4. The standard InChI is InChI=1S/C25H25F3N4O3/c1-16-13-31(15-29-16)19-7-8-20-22(33)30(11-12-32(20)23(19)34)14-24(2)10-9-21(35-24)17-3-5-18(6-4-17)25(26,27)28/h3-8,13,15,21H,9-12,14H2,1-2H3/t21-,24+/m1/s1. The van der Waals surface area contributed by atoms with Gasteiger partial charge in [-0.2, -0.15) is 13.2 Å². The van der Waals surface area contributed by atoms with E-state index in [1.807, 2.05) is 13.8 Å². The van der Waals surface area contributed by atoms with Crippen LogP contribution in [0, 0.1) is 6.92 Å². The van der Waals surface area contributed by atoms with Crippen LogP contribution in [0.4, 0.5) is 13.2 Å². The number of hydrogen-bond acceptors (Lipinski definition) is 4. The Kier molecular flexibility index (Phi) is 5.58. The summed E-state index contributed by atoms with van der Waals surface area (Å²) in [5, 5.41) is 0. The van der Waals surface area contributed by atoms with E-state index in [0.717, 1.165) is 17.8 Å². The van der Waals surface area contributed by atoms with E-state index in [1.54, 1.807) is 34.1 Å². The van der Waals surface area contributed by atoms with Crippen molar-refractivity contribution < 1.29 is 22.7 Å². The van der Waals surface area contributed by atoms with Gasteiger partial charge in [0.05, 0.1) is 29.3 Å². The second kappa shape index (κ2) is 8.37. The molecule has 0 spiro atoms. The number of fused-ring (bicyclic) bond motifs is 1. The highest BCUT2D eigenvalue weighted by molar-refractivity contribution is 5.93. The van der Waals surface area contributed by atoms with Gasteiger partial charge < -0.3 is 18.8 Å². The zero-order valence-electron chi connectivity index (χ0n) is 19.4. The van der Waals surface area contributed by atoms with Crippen LogP contribution < -0.4 is 5.56 Å². The number of amides is 1. The Balaban J connectivity index is 1.30. The van der Waals surface area contributed by atoms with E-state index in [1.165, 1.54) is 16.7 Å². The Morgan fingerprint density at radius 1 is 1.11 bits per heavy atom. The Hall–Kier alpha value is -3.40. The Morgan fingerprint density at radius 3 is 2.51 bits per heavy atom. The molecule has 0 aliphatic carbocycles. The third kappa shape index (κ3) is 4.38. The molecular formula is C25H25F3N4O3. The van der Waals surface area contributed by atoms with Crippen LogP contribution in [0.3, 0.4) is 0 Å². The summed E-state index contributed by atoms with van der Waals surface area (Å²) < 4.78 is 48.0. The summed E-state index contributed by atoms with van der Waals surface area (Å²) in [5.41, 5.74) is 0.642. The molecule has 0 bridgehead atoms. The minimum absolute atomic E-state index is 0.246. The molecule has 2 aliphatic rings. The molecule has 0 N–H and O–H groups in total. The highest BCUT2D eigenvalue weighted by Crippen LogP contribution is 2.41. The summed E-state index contributed by atoms with van der Waals surface area (Å²) in [4.78, 5) is 32.1. The van der Waals surface area contributed by atoms with Gasteiger partial charge in [0.2, 0.25) is 0 Å². The fourth-order valence-electron chi connectivity index (χ4n) is 4.90. The van der Waals surface area contributed by atoms with Gasteiger partial charge in [-0.25, -0.2) is 4.98 Å². The maximum Gasteiger partial charge on any atom is 0.416 e. The molecule has 4 heterocycles. The van der Waals surface area contributed by atoms with Crippen LogP contribution >= 0.6 is 0 Å². The van der Waals surface area contributed by atoms with Gasteiger partial charge in [-0.3, -0.25) is 9.59 Å². The second-order valence-corrected chi connectivity index (χ2v) is 9.42. The van der Waals surface area contributed by atoms with Gasteiger partial charge in [-0.05, 0) is 56.5 Å². The molecule has 35 heavy (non-hydrogen) atoms. The molecule has 10 heteroatoms. The van der Waals surface area contributed by atoms with E-state index in [0.29, 0.717) is 49.4 Å². The maximum atomic E-state index is 13.2. The van der Waals surface area contributed by atoms with Gasteiger partial charge in [-0.1, -0.05) is 12.1 Å². The number of carbonyl (C=O) groups excluding carboxylic acids is 1. The summed E-state index contributed by atoms with van der Waals surface area (Å²) in [5.74, 6) is -0.246. The van der Waals surface area contributed by atoms with Crippen LogP contribution in [-0.4, -0.2) is 43.6 Å². The molecule has 0 saturated carbocycles. The SMILES string of the molecule is Cc1cn(-c2ccc3n(c2=O)CCN(C[C@]2(C)CC[C@H](c4ccc(C(F)(F)F)cc4)O2)C3=O)cn1. The van der Waals surface area contributed by atoms with Crippen LogP contribution in [0.1, 0.15) is 53.2 Å². The molecule has 2 atom stereocenters. The van der Waals surface area contributed by atoms with Crippen molar-refractivity contribution in [2.24, 2.45) is 0 Å². The normalized spacial score (nSPS) is 22.5. The molecule has 1 fully saturated rings. The summed E-state index contributed by atoms with van der Waals surface area (Å²) >= 11 is 0. The molecule has 1 amide bonds. The van der Waals surface area contributed by atoms with Crippen molar-refractivity contribution in [2.75, 3.05) is 13.1 Å². The highest BCUT2D eigenvalue weighted by atomic mass is 19.4. The topological polar surface area (TPSA) is 69.4 Å². The van der Waals surface area contributed by atoms with Gasteiger partial charge in [0.15, 0.2) is 0 Å². The lowest BCUT2D eigenvalue weighted by atomic mass is 9.99. The number of halogens is 3. The lowest BCUT2D eigenvalue weighted by Gasteiger charge is -2.36. The third-order valence-electron chi connectivity index (χ3n) is 6.74. The molecule has 2 aliphatic heterocycles. The van der Waals surface area contributed by atoms with Crippen LogP contribution in [0.2, 0.25) is 0 Å². The molecule has 1 saturated heterocycles. The molecular weight excluding hydrogens is 461 g/mol. The fourth-order valence-corrected chi connectivity index (χ4v) is 4.90. The molecule has 184 valence electrons. The zero-order chi connectivity index (χ0) is 25.0. The first-order chi connectivity index (χ1) is 16.5. The molecule has 1 aromatic carbocycles. The maximum absolute atomic E-state index is 13.2. The number of alkyl halides is 3. The van der Waals surface area contributed by atoms with Crippen LogP contribution in [0.15, 0.2) is 53.7 Å². The van der Waals surface area contributed by atoms with Crippen molar-refractivity contribution in [2.45, 2.75) is 51.1 Å². The predicted octanol–water partition coefficient (Wildman–Crippen LogP) is 4.13. The van der Waals surface area contributed by atoms with Crippen molar-refractivity contribution >= 4 is 5.91 Å². The van der Waals surface area contributed by atoms with Crippen molar-refractivity contribution in [3.8, 4) is 5.69 Å². The lowest BCUT2D eigenvalue weighted by Crippen LogP contribution is -2.50. The number of nitrogens with zero attached hydrogens (tertiary/aromatic N) is 4. The van der Waals surface area contributed by atoms with Gasteiger partial charge in [-0.15, -0.1) is 0 Å². The Labute approximate surface area is 199 Å². The van der Waals surface area contributed by atoms with Gasteiger partial charge >= 0.3 is 6.18 Å². The van der Waals surface area contributed by atoms with Gasteiger partial charge in [0.25, 0.3) is 11.5 Å². The Morgan fingerprint density at radius 2 is 1.86 bits per heavy atom. The van der Waals surface area contributed by atoms with Gasteiger partial charge in [0.1, 0.15) is 11.4 Å². The Bertz CT molecular complexity index is 1330. The lowest BCUT2D eigenvalue weighted by molar-refractivity contribution is -0.137. The number of aryl methyl sites for hydroxylation is 1. The monoisotopic (exact) mass is 486 g/mol. The molecule has 5 rings (SSSR count). The predicted molar refractivity (Wildman–Crippen MR) is 121 cm³/mol. The largest absolute Gasteiger partial charge is 0.416 e. The number of pyridine rings is 1. The van der Waals surface area contributed by atoms with E-state index < -0.39 is 17.3 Å². The smallest absolute Gasteiger partial charge is 0.366 e. The van der Waals surface area contributed by atoms with Crippen LogP contribution in [0.25, 0.3) is 5.69 Å². The molecule has 7 nitrogen and oxygen atoms in total. The molecule has 0 unspecified atom stereocenters. The number of benzene rings is 1. The minimum Gasteiger partial charge on any atom is -0.366 e. The second-order valence-electron chi connectivity index (χ2n) is 9.42. The number of rotatable bonds is 4. The van der Waals surface area contributed by atoms with Crippen molar-refractivity contribution in [3.05, 3.63) is 81.8 Å². The fraction of sp³-hybridized carbons (Fsp3) is 0.400. The molecule has 3 aromatic rings. The number of imidazole rings is 1. The van der Waals surface area contributed by atoms with Crippen LogP contribution in [0.5, 0.6) is 0 Å². The highest BCUT2D eigenvalue weighted by Gasteiger charge is 2.40. The number of aromatic nitrogens is 3. The van der Waals surface area contributed by atoms with Crippen molar-refractivity contribution in [1.29, 1.82) is 0 Å². The number of carbonyl (C=O) groups is 1. The third-order valence-corrected chi connectivity index (χ3v) is 6.74. The average molecular weight is 486 g/mol. The van der Waals surface area contributed by atoms with E-state index in [4.69, 9.17) is 4.74 Å². The first-order valence-corrected chi connectivity index (χ1v) is 11.4. The molecule has 0 radical (unpaired) electrons. The summed E-state index contributed by atoms with van der Waals surface area (Å²) in [6.07, 6.45) is -0.0809. The zero-order valence-corrected chi connectivity index (χ0v) is 19.4. The summed E-state index contributed by atoms with van der Waals surface area (Å²) in [6, 6.07) is 8.32. The summed E-state index contributed by atoms with van der Waals surface area (Å²) in [6.45, 7) is 4.81. The average Bonchev–Trinajstić information content (AvgIpc) is 3.41. The van der Waals surface area contributed by atoms with E-state index in [2.05, 4.69) is 4.98 Å². The van der Waals surface area contributed by atoms with Crippen LogP contribution in [-0.2, 0) is 17.5 Å². The van der Waals surface area contributed by atoms with E-state index in [9.17, 15) is 22.8 Å². The summed E-state index contributed by atoms with van der Waals surface area (Å²) in [7, 11) is 0. The molecule has 2 aromatic heterocycles. The first kappa shape index (κ1) is 23.3. The number of hydrogen-bond donors (Lipinski definition) is 0. The van der Waals surface area contributed by atoms with Crippen molar-refractivity contribution in [1.82, 2.24) is 19.0 Å². The quantitative estimate of drug-likeness (QED) is 0.556. The van der Waals surface area contributed by atoms with E-state index >= 15 is 0 Å². The van der Waals surface area contributed by atoms with Gasteiger partial charge in [0, 0.05) is 25.8 Å². The minimum atomic E-state index is -4.38. The number of ether oxygens (including phenoxy) is 1.